The normalized spacial score (nSPS) is 20.1. The predicted molar refractivity (Wildman–Crippen MR) is 105 cm³/mol. The molecule has 0 aliphatic carbocycles. The minimum atomic E-state index is -0.672. The average Bonchev–Trinajstić information content (AvgIpc) is 2.87. The van der Waals surface area contributed by atoms with Gasteiger partial charge < -0.3 is 19.7 Å². The molecular weight excluding hydrogens is 387 g/mol. The van der Waals surface area contributed by atoms with E-state index in [9.17, 15) is 14.0 Å². The largest absolute Gasteiger partial charge is 0.444 e. The minimum absolute atomic E-state index is 0.181. The Morgan fingerprint density at radius 3 is 2.25 bits per heavy atom. The molecule has 8 heteroatoms. The van der Waals surface area contributed by atoms with Gasteiger partial charge in [-0.1, -0.05) is 17.7 Å². The Kier molecular flexibility index (Phi) is 6.48. The molecule has 1 heterocycles. The molecule has 1 aromatic rings. The van der Waals surface area contributed by atoms with Crippen molar-refractivity contribution in [1.29, 1.82) is 0 Å². The second-order valence-corrected chi connectivity index (χ2v) is 9.35. The third kappa shape index (κ3) is 6.26. The van der Waals surface area contributed by atoms with Gasteiger partial charge >= 0.3 is 12.2 Å². The summed E-state index contributed by atoms with van der Waals surface area (Å²) < 4.78 is 25.2. The lowest BCUT2D eigenvalue weighted by molar-refractivity contribution is 0.0281. The summed E-state index contributed by atoms with van der Waals surface area (Å²) in [5.74, 6) is -0.947. The van der Waals surface area contributed by atoms with Crippen molar-refractivity contribution < 1.29 is 23.5 Å². The van der Waals surface area contributed by atoms with E-state index >= 15 is 0 Å². The molecule has 1 saturated heterocycles. The van der Waals surface area contributed by atoms with Crippen LogP contribution in [0.5, 0.6) is 0 Å². The minimum Gasteiger partial charge on any atom is -0.444 e. The van der Waals surface area contributed by atoms with Gasteiger partial charge in [0.25, 0.3) is 0 Å². The number of hydrogen-bond acceptors (Lipinski definition) is 4. The third-order valence-electron chi connectivity index (χ3n) is 4.04. The van der Waals surface area contributed by atoms with Crippen LogP contribution in [0.3, 0.4) is 0 Å². The molecule has 2 rings (SSSR count). The molecule has 1 aliphatic heterocycles. The Hall–Kier alpha value is -2.02. The van der Waals surface area contributed by atoms with Crippen LogP contribution in [0, 0.1) is 5.82 Å². The highest BCUT2D eigenvalue weighted by Gasteiger charge is 2.40. The summed E-state index contributed by atoms with van der Waals surface area (Å²) in [5, 5.41) is 3.04. The zero-order valence-electron chi connectivity index (χ0n) is 17.1. The number of nitrogens with zero attached hydrogens (tertiary/aromatic N) is 1. The number of alkyl carbamates (subject to hydrolysis) is 1. The van der Waals surface area contributed by atoms with E-state index in [0.29, 0.717) is 5.56 Å². The summed E-state index contributed by atoms with van der Waals surface area (Å²) in [4.78, 5) is 26.2. The maximum atomic E-state index is 14.5. The SMILES string of the molecule is CC(C)(C)OC(=O)NC1CN(C(=O)OC(C)(C)C)CC1c1ccc(Cl)cc1F. The number of rotatable bonds is 2. The summed E-state index contributed by atoms with van der Waals surface area (Å²) in [6.45, 7) is 11.0. The van der Waals surface area contributed by atoms with Gasteiger partial charge in [0.1, 0.15) is 17.0 Å². The van der Waals surface area contributed by atoms with Crippen molar-refractivity contribution in [3.8, 4) is 0 Å². The van der Waals surface area contributed by atoms with Gasteiger partial charge in [0.2, 0.25) is 0 Å². The van der Waals surface area contributed by atoms with Crippen molar-refractivity contribution >= 4 is 23.8 Å². The Labute approximate surface area is 170 Å². The highest BCUT2D eigenvalue weighted by atomic mass is 35.5. The molecule has 0 spiro atoms. The van der Waals surface area contributed by atoms with E-state index in [-0.39, 0.29) is 18.1 Å². The van der Waals surface area contributed by atoms with Gasteiger partial charge in [-0.2, -0.15) is 0 Å². The van der Waals surface area contributed by atoms with E-state index in [1.54, 1.807) is 53.7 Å². The van der Waals surface area contributed by atoms with Gasteiger partial charge in [0, 0.05) is 24.0 Å². The van der Waals surface area contributed by atoms with Crippen LogP contribution in [0.15, 0.2) is 18.2 Å². The molecule has 2 unspecified atom stereocenters. The number of ether oxygens (including phenoxy) is 2. The number of nitrogens with one attached hydrogen (secondary N) is 1. The van der Waals surface area contributed by atoms with Crippen LogP contribution in [-0.4, -0.2) is 47.4 Å². The quantitative estimate of drug-likeness (QED) is 0.761. The van der Waals surface area contributed by atoms with Crippen LogP contribution >= 0.6 is 11.6 Å². The number of halogens is 2. The van der Waals surface area contributed by atoms with Gasteiger partial charge in [-0.25, -0.2) is 14.0 Å². The zero-order chi connectivity index (χ0) is 21.3. The van der Waals surface area contributed by atoms with E-state index in [4.69, 9.17) is 21.1 Å². The van der Waals surface area contributed by atoms with Crippen molar-refractivity contribution in [2.75, 3.05) is 13.1 Å². The summed E-state index contributed by atoms with van der Waals surface area (Å²) >= 11 is 5.85. The number of amides is 2. The molecule has 1 fully saturated rings. The second kappa shape index (κ2) is 8.15. The molecule has 0 bridgehead atoms. The van der Waals surface area contributed by atoms with Crippen molar-refractivity contribution in [2.45, 2.75) is 64.7 Å². The maximum absolute atomic E-state index is 14.5. The smallest absolute Gasteiger partial charge is 0.410 e. The number of carbonyl (C=O) groups excluding carboxylic acids is 2. The second-order valence-electron chi connectivity index (χ2n) is 8.91. The Bertz CT molecular complexity index is 743. The van der Waals surface area contributed by atoms with Gasteiger partial charge in [-0.15, -0.1) is 0 Å². The molecule has 28 heavy (non-hydrogen) atoms. The van der Waals surface area contributed by atoms with Crippen LogP contribution in [0.1, 0.15) is 53.0 Å². The highest BCUT2D eigenvalue weighted by molar-refractivity contribution is 6.30. The van der Waals surface area contributed by atoms with Crippen LogP contribution in [0.25, 0.3) is 0 Å². The standard InChI is InChI=1S/C20H28ClFN2O4/c1-19(2,3)27-17(25)23-16-11-24(18(26)28-20(4,5)6)10-14(16)13-8-7-12(21)9-15(13)22/h7-9,14,16H,10-11H2,1-6H3,(H,23,25). The van der Waals surface area contributed by atoms with E-state index in [2.05, 4.69) is 5.32 Å². The fourth-order valence-corrected chi connectivity index (χ4v) is 3.16. The van der Waals surface area contributed by atoms with Gasteiger partial charge in [0.05, 0.1) is 6.04 Å². The first-order valence-electron chi connectivity index (χ1n) is 9.17. The van der Waals surface area contributed by atoms with Crippen LogP contribution in [0.2, 0.25) is 5.02 Å². The maximum Gasteiger partial charge on any atom is 0.410 e. The van der Waals surface area contributed by atoms with Crippen LogP contribution in [0.4, 0.5) is 14.0 Å². The van der Waals surface area contributed by atoms with Crippen LogP contribution in [-0.2, 0) is 9.47 Å². The molecule has 1 aromatic carbocycles. The fraction of sp³-hybridized carbons (Fsp3) is 0.600. The highest BCUT2D eigenvalue weighted by Crippen LogP contribution is 2.32. The molecule has 156 valence electrons. The first-order chi connectivity index (χ1) is 12.7. The molecule has 6 nitrogen and oxygen atoms in total. The molecule has 2 amide bonds. The molecule has 0 saturated carbocycles. The van der Waals surface area contributed by atoms with E-state index in [1.807, 2.05) is 0 Å². The van der Waals surface area contributed by atoms with Gasteiger partial charge in [-0.05, 0) is 59.2 Å². The molecule has 2 atom stereocenters. The zero-order valence-corrected chi connectivity index (χ0v) is 17.9. The predicted octanol–water partition coefficient (Wildman–Crippen LogP) is 4.71. The molecular formula is C20H28ClFN2O4. The first kappa shape index (κ1) is 22.3. The van der Waals surface area contributed by atoms with Crippen molar-refractivity contribution in [3.63, 3.8) is 0 Å². The van der Waals surface area contributed by atoms with Gasteiger partial charge in [0.15, 0.2) is 0 Å². The lowest BCUT2D eigenvalue weighted by Gasteiger charge is -2.25. The van der Waals surface area contributed by atoms with E-state index in [1.165, 1.54) is 11.0 Å². The number of likely N-dealkylation sites (tertiary alicyclic amines) is 1. The van der Waals surface area contributed by atoms with Crippen LogP contribution < -0.4 is 5.32 Å². The van der Waals surface area contributed by atoms with Crippen molar-refractivity contribution in [3.05, 3.63) is 34.6 Å². The summed E-state index contributed by atoms with van der Waals surface area (Å²) in [7, 11) is 0. The van der Waals surface area contributed by atoms with Crippen molar-refractivity contribution in [1.82, 2.24) is 10.2 Å². The summed E-state index contributed by atoms with van der Waals surface area (Å²) in [6, 6.07) is 3.85. The first-order valence-corrected chi connectivity index (χ1v) is 9.55. The molecule has 0 aromatic heterocycles. The fourth-order valence-electron chi connectivity index (χ4n) is 3.00. The van der Waals surface area contributed by atoms with E-state index in [0.717, 1.165) is 0 Å². The van der Waals surface area contributed by atoms with Gasteiger partial charge in [-0.3, -0.25) is 0 Å². The lowest BCUT2D eigenvalue weighted by atomic mass is 9.94. The molecule has 0 radical (unpaired) electrons. The third-order valence-corrected chi connectivity index (χ3v) is 4.27. The Morgan fingerprint density at radius 1 is 1.11 bits per heavy atom. The number of carbonyl (C=O) groups is 2. The van der Waals surface area contributed by atoms with E-state index < -0.39 is 41.2 Å². The van der Waals surface area contributed by atoms with Crippen molar-refractivity contribution in [2.24, 2.45) is 0 Å². The lowest BCUT2D eigenvalue weighted by Crippen LogP contribution is -2.43. The summed E-state index contributed by atoms with van der Waals surface area (Å²) in [5.41, 5.74) is -0.958. The average molecular weight is 415 g/mol. The topological polar surface area (TPSA) is 67.9 Å². The number of benzene rings is 1. The Morgan fingerprint density at radius 2 is 1.71 bits per heavy atom. The summed E-state index contributed by atoms with van der Waals surface area (Å²) in [6.07, 6.45) is -1.14. The monoisotopic (exact) mass is 414 g/mol. The Balaban J connectivity index is 2.24. The molecule has 1 aliphatic rings. The molecule has 1 N–H and O–H groups in total. The number of hydrogen-bond donors (Lipinski definition) is 1.